The molecule has 0 saturated carbocycles. The Hall–Kier alpha value is -1.33. The molecule has 1 aromatic carbocycles. The fourth-order valence-corrected chi connectivity index (χ4v) is 2.32. The zero-order valence-corrected chi connectivity index (χ0v) is 9.60. The Labute approximate surface area is 102 Å². The number of fused-ring (bicyclic) bond motifs is 1. The summed E-state index contributed by atoms with van der Waals surface area (Å²) in [5.74, 6) is -0.740. The Morgan fingerprint density at radius 1 is 1.41 bits per heavy atom. The number of ether oxygens (including phenoxy) is 1. The van der Waals surface area contributed by atoms with Gasteiger partial charge in [0.25, 0.3) is 5.91 Å². The van der Waals surface area contributed by atoms with Gasteiger partial charge in [-0.1, -0.05) is 11.6 Å². The van der Waals surface area contributed by atoms with Crippen LogP contribution in [0.2, 0.25) is 5.02 Å². The molecule has 0 aromatic heterocycles. The van der Waals surface area contributed by atoms with E-state index in [1.807, 2.05) is 0 Å². The van der Waals surface area contributed by atoms with Crippen molar-refractivity contribution in [2.24, 2.45) is 0 Å². The van der Waals surface area contributed by atoms with Gasteiger partial charge in [0, 0.05) is 19.1 Å². The van der Waals surface area contributed by atoms with Crippen LogP contribution in [0, 0.1) is 5.82 Å². The highest BCUT2D eigenvalue weighted by atomic mass is 35.5. The van der Waals surface area contributed by atoms with Crippen molar-refractivity contribution in [3.63, 3.8) is 0 Å². The van der Waals surface area contributed by atoms with Gasteiger partial charge in [-0.25, -0.2) is 4.39 Å². The van der Waals surface area contributed by atoms with Crippen LogP contribution in [0.15, 0.2) is 12.1 Å². The van der Waals surface area contributed by atoms with Gasteiger partial charge in [0.15, 0.2) is 0 Å². The van der Waals surface area contributed by atoms with Gasteiger partial charge in [0.1, 0.15) is 11.4 Å². The lowest BCUT2D eigenvalue weighted by molar-refractivity contribution is -0.120. The monoisotopic (exact) mass is 256 g/mol. The summed E-state index contributed by atoms with van der Waals surface area (Å²) in [7, 11) is 0. The number of carbonyl (C=O) groups excluding carboxylic acids is 1. The molecule has 6 heteroatoms. The average Bonchev–Trinajstić information content (AvgIpc) is 2.73. The maximum absolute atomic E-state index is 13.3. The lowest BCUT2D eigenvalue weighted by Gasteiger charge is -2.34. The van der Waals surface area contributed by atoms with Crippen molar-refractivity contribution < 1.29 is 13.9 Å². The summed E-state index contributed by atoms with van der Waals surface area (Å²) in [5.41, 5.74) is 0.296. The molecule has 90 valence electrons. The molecule has 0 bridgehead atoms. The number of hydrogen-bond donors (Lipinski definition) is 2. The predicted molar refractivity (Wildman–Crippen MR) is 61.8 cm³/mol. The maximum Gasteiger partial charge on any atom is 0.252 e. The second-order valence-electron chi connectivity index (χ2n) is 4.28. The topological polar surface area (TPSA) is 50.4 Å². The number of halogens is 2. The molecule has 4 nitrogen and oxygen atoms in total. The smallest absolute Gasteiger partial charge is 0.252 e. The second kappa shape index (κ2) is 3.58. The molecule has 17 heavy (non-hydrogen) atoms. The van der Waals surface area contributed by atoms with Crippen LogP contribution in [0.4, 0.5) is 15.8 Å². The van der Waals surface area contributed by atoms with Crippen molar-refractivity contribution in [3.8, 4) is 0 Å². The zero-order chi connectivity index (χ0) is 12.0. The van der Waals surface area contributed by atoms with Gasteiger partial charge in [-0.3, -0.25) is 4.79 Å². The molecule has 2 N–H and O–H groups in total. The highest BCUT2D eigenvalue weighted by Gasteiger charge is 2.45. The van der Waals surface area contributed by atoms with E-state index in [4.69, 9.17) is 16.3 Å². The molecular formula is C11H10ClFN2O2. The number of amides is 1. The predicted octanol–water partition coefficient (Wildman–Crippen LogP) is 2.00. The largest absolute Gasteiger partial charge is 0.378 e. The third-order valence-corrected chi connectivity index (χ3v) is 3.43. The van der Waals surface area contributed by atoms with Gasteiger partial charge in [0.2, 0.25) is 0 Å². The standard InChI is InChI=1S/C11H10ClFN2O2/c12-6-3-9-8(4-7(6)13)14-10(16)11(15-9)1-2-17-5-11/h3-4,15H,1-2,5H2,(H,14,16). The van der Waals surface area contributed by atoms with Gasteiger partial charge in [-0.05, 0) is 6.07 Å². The van der Waals surface area contributed by atoms with Gasteiger partial charge in [-0.15, -0.1) is 0 Å². The number of nitrogens with one attached hydrogen (secondary N) is 2. The van der Waals surface area contributed by atoms with Crippen LogP contribution in [0.3, 0.4) is 0 Å². The maximum atomic E-state index is 13.3. The number of rotatable bonds is 0. The van der Waals surface area contributed by atoms with E-state index in [1.54, 1.807) is 0 Å². The Morgan fingerprint density at radius 3 is 2.94 bits per heavy atom. The van der Waals surface area contributed by atoms with Crippen LogP contribution in [-0.4, -0.2) is 24.7 Å². The molecule has 1 aromatic rings. The van der Waals surface area contributed by atoms with Crippen molar-refractivity contribution in [3.05, 3.63) is 23.0 Å². The van der Waals surface area contributed by atoms with Gasteiger partial charge < -0.3 is 15.4 Å². The molecular weight excluding hydrogens is 247 g/mol. The molecule has 3 rings (SSSR count). The molecule has 1 saturated heterocycles. The van der Waals surface area contributed by atoms with Gasteiger partial charge in [-0.2, -0.15) is 0 Å². The highest BCUT2D eigenvalue weighted by Crippen LogP contribution is 2.37. The summed E-state index contributed by atoms with van der Waals surface area (Å²) in [5, 5.41) is 5.81. The van der Waals surface area contributed by atoms with E-state index in [2.05, 4.69) is 10.6 Å². The van der Waals surface area contributed by atoms with E-state index < -0.39 is 11.4 Å². The van der Waals surface area contributed by atoms with E-state index in [1.165, 1.54) is 12.1 Å². The lowest BCUT2D eigenvalue weighted by Crippen LogP contribution is -2.53. The van der Waals surface area contributed by atoms with Crippen LogP contribution in [0.1, 0.15) is 6.42 Å². The first-order valence-electron chi connectivity index (χ1n) is 5.27. The SMILES string of the molecule is O=C1Nc2cc(F)c(Cl)cc2NC12CCOC2. The fourth-order valence-electron chi connectivity index (χ4n) is 2.15. The minimum Gasteiger partial charge on any atom is -0.378 e. The normalized spacial score (nSPS) is 26.6. The summed E-state index contributed by atoms with van der Waals surface area (Å²) in [6.45, 7) is 0.845. The molecule has 1 amide bonds. The van der Waals surface area contributed by atoms with Crippen LogP contribution >= 0.6 is 11.6 Å². The van der Waals surface area contributed by atoms with E-state index in [0.29, 0.717) is 31.0 Å². The lowest BCUT2D eigenvalue weighted by atomic mass is 9.94. The summed E-state index contributed by atoms with van der Waals surface area (Å²) in [4.78, 5) is 12.0. The molecule has 1 fully saturated rings. The van der Waals surface area contributed by atoms with Gasteiger partial charge in [0.05, 0.1) is 23.0 Å². The van der Waals surface area contributed by atoms with Crippen LogP contribution in [0.5, 0.6) is 0 Å². The van der Waals surface area contributed by atoms with E-state index >= 15 is 0 Å². The average molecular weight is 257 g/mol. The third-order valence-electron chi connectivity index (χ3n) is 3.14. The van der Waals surface area contributed by atoms with Crippen LogP contribution < -0.4 is 10.6 Å². The van der Waals surface area contributed by atoms with Crippen LogP contribution in [0.25, 0.3) is 0 Å². The van der Waals surface area contributed by atoms with Crippen molar-refractivity contribution in [1.82, 2.24) is 0 Å². The number of hydrogen-bond acceptors (Lipinski definition) is 3. The number of anilines is 2. The molecule has 2 aliphatic heterocycles. The van der Waals surface area contributed by atoms with Crippen molar-refractivity contribution >= 4 is 28.9 Å². The summed E-state index contributed by atoms with van der Waals surface area (Å²) in [6.07, 6.45) is 0.591. The molecule has 0 radical (unpaired) electrons. The first-order chi connectivity index (χ1) is 8.11. The first-order valence-corrected chi connectivity index (χ1v) is 5.65. The Balaban J connectivity index is 2.04. The molecule has 2 aliphatic rings. The van der Waals surface area contributed by atoms with E-state index in [0.717, 1.165) is 0 Å². The van der Waals surface area contributed by atoms with Crippen molar-refractivity contribution in [2.45, 2.75) is 12.0 Å². The summed E-state index contributed by atoms with van der Waals surface area (Å²) >= 11 is 5.72. The third kappa shape index (κ3) is 1.57. The second-order valence-corrected chi connectivity index (χ2v) is 4.68. The first kappa shape index (κ1) is 10.8. The molecule has 1 atom stereocenters. The molecule has 2 heterocycles. The molecule has 0 aliphatic carbocycles. The van der Waals surface area contributed by atoms with Crippen molar-refractivity contribution in [2.75, 3.05) is 23.8 Å². The Kier molecular flexibility index (Phi) is 2.27. The van der Waals surface area contributed by atoms with Crippen molar-refractivity contribution in [1.29, 1.82) is 0 Å². The summed E-state index contributed by atoms with van der Waals surface area (Å²) in [6, 6.07) is 2.69. The fraction of sp³-hybridized carbons (Fsp3) is 0.364. The van der Waals surface area contributed by atoms with E-state index in [-0.39, 0.29) is 10.9 Å². The minimum atomic E-state index is -0.742. The van der Waals surface area contributed by atoms with E-state index in [9.17, 15) is 9.18 Å². The molecule has 1 spiro atoms. The Morgan fingerprint density at radius 2 is 2.24 bits per heavy atom. The minimum absolute atomic E-state index is 0.0291. The number of carbonyl (C=O) groups is 1. The quantitative estimate of drug-likeness (QED) is 0.747. The number of benzene rings is 1. The molecule has 1 unspecified atom stereocenters. The van der Waals surface area contributed by atoms with Crippen LogP contribution in [-0.2, 0) is 9.53 Å². The zero-order valence-electron chi connectivity index (χ0n) is 8.85. The summed E-state index contributed by atoms with van der Waals surface area (Å²) < 4.78 is 18.5. The highest BCUT2D eigenvalue weighted by molar-refractivity contribution is 6.31. The van der Waals surface area contributed by atoms with Gasteiger partial charge >= 0.3 is 0 Å². The Bertz CT molecular complexity index is 500.